The summed E-state index contributed by atoms with van der Waals surface area (Å²) in [7, 11) is -3.05. The summed E-state index contributed by atoms with van der Waals surface area (Å²) in [6, 6.07) is -4.39. The van der Waals surface area contributed by atoms with Crippen molar-refractivity contribution < 1.29 is 30.7 Å². The number of carbonyl (C=O) groups excluding carboxylic acids is 1. The van der Waals surface area contributed by atoms with Crippen molar-refractivity contribution in [3.63, 3.8) is 0 Å². The molecule has 0 aromatic heterocycles. The molecule has 2 fully saturated rings. The highest BCUT2D eigenvalue weighted by molar-refractivity contribution is 5.89. The number of hydrogen-bond acceptors (Lipinski definition) is 4. The molecule has 1 saturated heterocycles. The number of piperidine rings is 1. The maximum atomic E-state index is 13.0. The first-order valence-electron chi connectivity index (χ1n) is 13.2. The molecule has 4 heteroatoms. The number of ether oxygens (including phenoxy) is 2. The molecule has 1 aromatic carbocycles. The van der Waals surface area contributed by atoms with E-state index in [0.717, 1.165) is 0 Å². The molecule has 1 spiro atoms. The van der Waals surface area contributed by atoms with E-state index in [4.69, 9.17) is 23.2 Å². The van der Waals surface area contributed by atoms with Gasteiger partial charge in [0.05, 0.1) is 13.9 Å². The lowest BCUT2D eigenvalue weighted by molar-refractivity contribution is -0.138. The standard InChI is InChI=1S/C18H21NO3/c1-19-8-7-18-11-4-5-13(20)17(18)22-16-14(21-2)6-3-10(15(16)18)9-12(11)19/h3,6,11-12,17H,4-5,7-9H2,1-2H3/t11-,12+,17?,18-/m0/s1/i1D3,2D3,3D,6D,9D2,11D,12D. The van der Waals surface area contributed by atoms with Gasteiger partial charge in [0.2, 0.25) is 0 Å². The molecule has 4 atom stereocenters. The largest absolute Gasteiger partial charge is 0.493 e. The van der Waals surface area contributed by atoms with Crippen LogP contribution in [0, 0.1) is 5.89 Å². The van der Waals surface area contributed by atoms with Crippen molar-refractivity contribution in [2.24, 2.45) is 5.89 Å². The second-order valence-corrected chi connectivity index (χ2v) is 6.05. The second-order valence-electron chi connectivity index (χ2n) is 6.05. The molecule has 1 unspecified atom stereocenters. The lowest BCUT2D eigenvalue weighted by Gasteiger charge is -2.57. The third-order valence-corrected chi connectivity index (χ3v) is 5.20. The van der Waals surface area contributed by atoms with E-state index in [9.17, 15) is 7.54 Å². The lowest BCUT2D eigenvalue weighted by Crippen LogP contribution is -2.65. The molecular formula is C18H21NO3. The fourth-order valence-corrected chi connectivity index (χ4v) is 4.33. The SMILES string of the molecule is [2H]c1c([2H])c2c3c(c1OC([2H])([2H])[2H])OC1C(=O)CC[C@]4([2H])[C@@]31CCN(C([2H])([2H])[2H])[C@]4([2H])C2([2H])[2H]. The number of rotatable bonds is 1. The zero-order chi connectivity index (χ0) is 25.4. The van der Waals surface area contributed by atoms with Crippen LogP contribution in [0.2, 0.25) is 0 Å². The fourth-order valence-electron chi connectivity index (χ4n) is 4.33. The molecule has 4 aliphatic rings. The van der Waals surface area contributed by atoms with Crippen molar-refractivity contribution in [3.05, 3.63) is 23.2 Å². The number of ketones is 1. The number of nitrogens with zero attached hydrogens (tertiary/aromatic N) is 1. The lowest BCUT2D eigenvalue weighted by atomic mass is 9.52. The Morgan fingerprint density at radius 1 is 1.64 bits per heavy atom. The van der Waals surface area contributed by atoms with Crippen LogP contribution in [0.15, 0.2) is 12.1 Å². The molecule has 116 valence electrons. The van der Waals surface area contributed by atoms with Gasteiger partial charge in [-0.2, -0.15) is 0 Å². The zero-order valence-electron chi connectivity index (χ0n) is 23.6. The van der Waals surface area contributed by atoms with Gasteiger partial charge in [-0.15, -0.1) is 0 Å². The summed E-state index contributed by atoms with van der Waals surface area (Å²) < 4.78 is 111. The van der Waals surface area contributed by atoms with Gasteiger partial charge in [0.25, 0.3) is 0 Å². The number of likely N-dealkylation sites (tertiary alicyclic amines) is 1. The van der Waals surface area contributed by atoms with Gasteiger partial charge in [0, 0.05) is 33.0 Å². The van der Waals surface area contributed by atoms with Crippen molar-refractivity contribution in [3.8, 4) is 11.5 Å². The molecule has 0 radical (unpaired) electrons. The van der Waals surface area contributed by atoms with E-state index < -0.39 is 78.7 Å². The van der Waals surface area contributed by atoms with E-state index in [1.54, 1.807) is 0 Å². The van der Waals surface area contributed by atoms with Crippen LogP contribution in [-0.4, -0.2) is 43.4 Å². The van der Waals surface area contributed by atoms with Crippen LogP contribution in [0.3, 0.4) is 0 Å². The highest BCUT2D eigenvalue weighted by Gasteiger charge is 2.65. The van der Waals surface area contributed by atoms with Gasteiger partial charge in [-0.1, -0.05) is 6.04 Å². The maximum absolute atomic E-state index is 13.0. The predicted octanol–water partition coefficient (Wildman–Crippen LogP) is 1.93. The van der Waals surface area contributed by atoms with Crippen molar-refractivity contribution in [2.45, 2.75) is 43.2 Å². The molecule has 2 aliphatic carbocycles. The van der Waals surface area contributed by atoms with Crippen LogP contribution >= 0.6 is 0 Å². The summed E-state index contributed by atoms with van der Waals surface area (Å²) in [5.74, 6) is -3.72. The Kier molecular flexibility index (Phi) is 1.07. The monoisotopic (exact) mass is 311 g/mol. The highest BCUT2D eigenvalue weighted by Crippen LogP contribution is 2.62. The first-order valence-corrected chi connectivity index (χ1v) is 7.20. The Labute approximate surface area is 147 Å². The Bertz CT molecular complexity index is 1130. The highest BCUT2D eigenvalue weighted by atomic mass is 16.5. The third kappa shape index (κ3) is 1.27. The summed E-state index contributed by atoms with van der Waals surface area (Å²) in [5, 5.41) is 0. The van der Waals surface area contributed by atoms with Gasteiger partial charge < -0.3 is 14.4 Å². The van der Waals surface area contributed by atoms with Gasteiger partial charge >= 0.3 is 0 Å². The molecule has 2 bridgehead atoms. The van der Waals surface area contributed by atoms with Crippen LogP contribution in [0.1, 0.15) is 46.8 Å². The summed E-state index contributed by atoms with van der Waals surface area (Å²) in [6.45, 7) is -3.32. The average molecular weight is 311 g/mol. The molecule has 0 amide bonds. The van der Waals surface area contributed by atoms with Gasteiger partial charge in [0.1, 0.15) is 0 Å². The van der Waals surface area contributed by atoms with Crippen molar-refractivity contribution >= 4 is 5.78 Å². The third-order valence-electron chi connectivity index (χ3n) is 5.20. The minimum Gasteiger partial charge on any atom is -0.493 e. The summed E-state index contributed by atoms with van der Waals surface area (Å²) >= 11 is 0. The molecule has 2 aliphatic heterocycles. The van der Waals surface area contributed by atoms with Crippen molar-refractivity contribution in [1.29, 1.82) is 0 Å². The predicted molar refractivity (Wildman–Crippen MR) is 81.6 cm³/mol. The van der Waals surface area contributed by atoms with Crippen LogP contribution in [-0.2, 0) is 16.6 Å². The summed E-state index contributed by atoms with van der Waals surface area (Å²) in [4.78, 5) is 13.7. The first kappa shape index (κ1) is 5.82. The number of benzene rings is 1. The average Bonchev–Trinajstić information content (AvgIpc) is 3.01. The van der Waals surface area contributed by atoms with Crippen LogP contribution in [0.4, 0.5) is 0 Å². The maximum Gasteiger partial charge on any atom is 0.174 e. The first-order chi connectivity index (χ1) is 15.4. The van der Waals surface area contributed by atoms with Gasteiger partial charge in [-0.3, -0.25) is 4.79 Å². The minimum atomic E-state index is -3.05. The summed E-state index contributed by atoms with van der Waals surface area (Å²) in [5.41, 5.74) is -2.37. The Morgan fingerprint density at radius 3 is 3.45 bits per heavy atom. The van der Waals surface area contributed by atoms with Gasteiger partial charge in [0.15, 0.2) is 23.4 Å². The number of methoxy groups -OCH3 is 1. The van der Waals surface area contributed by atoms with Crippen LogP contribution < -0.4 is 9.47 Å². The minimum absolute atomic E-state index is 0.126. The fraction of sp³-hybridized carbons (Fsp3) is 0.611. The molecule has 2 heterocycles. The molecule has 1 saturated carbocycles. The number of Topliss-reactive ketones (excluding diaryl/α,β-unsaturated/α-hetero) is 1. The molecule has 1 aromatic rings. The van der Waals surface area contributed by atoms with E-state index in [-0.39, 0.29) is 31.4 Å². The Morgan fingerprint density at radius 2 is 2.59 bits per heavy atom. The molecular weight excluding hydrogens is 278 g/mol. The quantitative estimate of drug-likeness (QED) is 0.794. The van der Waals surface area contributed by atoms with E-state index in [1.807, 2.05) is 0 Å². The zero-order valence-corrected chi connectivity index (χ0v) is 11.6. The molecule has 22 heavy (non-hydrogen) atoms. The number of likely N-dealkylation sites (N-methyl/N-ethyl adjacent to an activating group) is 1. The second kappa shape index (κ2) is 4.05. The normalized spacial score (nSPS) is 56.5. The Hall–Kier alpha value is -1.55. The Balaban J connectivity index is 1.95. The molecule has 4 nitrogen and oxygen atoms in total. The van der Waals surface area contributed by atoms with Gasteiger partial charge in [-0.05, 0) is 50.2 Å². The van der Waals surface area contributed by atoms with Gasteiger partial charge in [-0.25, -0.2) is 0 Å². The van der Waals surface area contributed by atoms with E-state index in [1.165, 1.54) is 0 Å². The van der Waals surface area contributed by atoms with Crippen molar-refractivity contribution in [1.82, 2.24) is 4.90 Å². The summed E-state index contributed by atoms with van der Waals surface area (Å²) in [6.07, 6.45) is -5.17. The van der Waals surface area contributed by atoms with Crippen LogP contribution in [0.5, 0.6) is 11.5 Å². The number of carbonyl (C=O) groups is 1. The van der Waals surface area contributed by atoms with E-state index in [0.29, 0.717) is 4.90 Å². The smallest absolute Gasteiger partial charge is 0.174 e. The van der Waals surface area contributed by atoms with E-state index >= 15 is 0 Å². The topological polar surface area (TPSA) is 38.8 Å². The van der Waals surface area contributed by atoms with E-state index in [2.05, 4.69) is 0 Å². The number of hydrogen-bond donors (Lipinski definition) is 0. The van der Waals surface area contributed by atoms with Crippen molar-refractivity contribution in [2.75, 3.05) is 20.6 Å². The molecule has 5 rings (SSSR count). The van der Waals surface area contributed by atoms with Crippen LogP contribution in [0.25, 0.3) is 0 Å². The molecule has 0 N–H and O–H groups in total.